The average Bonchev–Trinajstić information content (AvgIpc) is 2.84. The molecule has 0 amide bonds. The van der Waals surface area contributed by atoms with Crippen molar-refractivity contribution in [1.29, 1.82) is 0 Å². The zero-order valence-electron chi connectivity index (χ0n) is 11.3. The molecule has 0 spiro atoms. The number of nitrogens with two attached hydrogens (primary N) is 1. The van der Waals surface area contributed by atoms with Crippen molar-refractivity contribution in [2.45, 2.75) is 25.8 Å². The van der Waals surface area contributed by atoms with Crippen molar-refractivity contribution in [3.8, 4) is 0 Å². The highest BCUT2D eigenvalue weighted by Gasteiger charge is 2.33. The first-order chi connectivity index (χ1) is 9.20. The molecule has 1 saturated heterocycles. The summed E-state index contributed by atoms with van der Waals surface area (Å²) in [4.78, 5) is 16.2. The fraction of sp³-hybridized carbons (Fsp3) is 0.571. The van der Waals surface area contributed by atoms with Gasteiger partial charge in [-0.2, -0.15) is 0 Å². The maximum absolute atomic E-state index is 12.3. The number of carbonyl (C=O) groups is 1. The third-order valence-corrected chi connectivity index (χ3v) is 3.37. The molecule has 0 radical (unpaired) electrons. The number of nitrogens with one attached hydrogen (secondary N) is 1. The highest BCUT2D eigenvalue weighted by molar-refractivity contribution is 5.84. The lowest BCUT2D eigenvalue weighted by Gasteiger charge is -2.17. The van der Waals surface area contributed by atoms with E-state index < -0.39 is 0 Å². The van der Waals surface area contributed by atoms with Gasteiger partial charge in [-0.1, -0.05) is 6.92 Å². The zero-order chi connectivity index (χ0) is 13.7. The Kier molecular flexibility index (Phi) is 4.87. The highest BCUT2D eigenvalue weighted by atomic mass is 16.5. The number of ether oxygens (including phenoxy) is 1. The number of anilines is 1. The summed E-state index contributed by atoms with van der Waals surface area (Å²) in [5.74, 6) is 0.603. The number of nitrogens with zero attached hydrogens (tertiary/aromatic N) is 1. The van der Waals surface area contributed by atoms with Gasteiger partial charge in [0, 0.05) is 18.7 Å². The van der Waals surface area contributed by atoms with E-state index in [0.717, 1.165) is 18.5 Å². The van der Waals surface area contributed by atoms with Crippen molar-refractivity contribution in [1.82, 2.24) is 10.3 Å². The van der Waals surface area contributed by atoms with Crippen LogP contribution in [0.2, 0.25) is 0 Å². The van der Waals surface area contributed by atoms with Gasteiger partial charge in [0.2, 0.25) is 0 Å². The molecule has 1 aliphatic heterocycles. The molecular formula is C14H21N3O2. The van der Waals surface area contributed by atoms with Crippen LogP contribution < -0.4 is 11.1 Å². The minimum absolute atomic E-state index is 0.0547. The van der Waals surface area contributed by atoms with Crippen LogP contribution in [0, 0.1) is 5.92 Å². The standard InChI is InChI=1S/C14H21N3O2/c1-2-4-16-12-9-19-8-11(12)13(18)6-10-3-5-17-14(15)7-10/h3,5,7,11-12,16H,2,4,6,8-9H2,1H3,(H2,15,17). The molecule has 104 valence electrons. The number of pyridine rings is 1. The summed E-state index contributed by atoms with van der Waals surface area (Å²) >= 11 is 0. The van der Waals surface area contributed by atoms with E-state index in [1.807, 2.05) is 6.07 Å². The quantitative estimate of drug-likeness (QED) is 0.793. The summed E-state index contributed by atoms with van der Waals surface area (Å²) in [6.45, 7) is 4.16. The van der Waals surface area contributed by atoms with Gasteiger partial charge < -0.3 is 15.8 Å². The number of aromatic nitrogens is 1. The number of Topliss-reactive ketones (excluding diaryl/α,β-unsaturated/α-hetero) is 1. The van der Waals surface area contributed by atoms with Gasteiger partial charge in [-0.3, -0.25) is 4.79 Å². The second kappa shape index (κ2) is 6.63. The molecule has 1 fully saturated rings. The van der Waals surface area contributed by atoms with Crippen molar-refractivity contribution < 1.29 is 9.53 Å². The van der Waals surface area contributed by atoms with Crippen LogP contribution in [0.5, 0.6) is 0 Å². The molecule has 2 unspecified atom stereocenters. The minimum Gasteiger partial charge on any atom is -0.384 e. The fourth-order valence-electron chi connectivity index (χ4n) is 2.34. The summed E-state index contributed by atoms with van der Waals surface area (Å²) < 4.78 is 5.43. The number of nitrogen functional groups attached to an aromatic ring is 1. The predicted octanol–water partition coefficient (Wildman–Crippen LogP) is 0.790. The molecule has 0 aliphatic carbocycles. The highest BCUT2D eigenvalue weighted by Crippen LogP contribution is 2.17. The van der Waals surface area contributed by atoms with Gasteiger partial charge in [0.25, 0.3) is 0 Å². The van der Waals surface area contributed by atoms with Gasteiger partial charge in [-0.15, -0.1) is 0 Å². The topological polar surface area (TPSA) is 77.2 Å². The van der Waals surface area contributed by atoms with Gasteiger partial charge in [0.15, 0.2) is 0 Å². The zero-order valence-corrected chi connectivity index (χ0v) is 11.3. The lowest BCUT2D eigenvalue weighted by Crippen LogP contribution is -2.40. The van der Waals surface area contributed by atoms with Gasteiger partial charge in [-0.05, 0) is 30.7 Å². The van der Waals surface area contributed by atoms with Crippen LogP contribution in [0.4, 0.5) is 5.82 Å². The molecule has 1 aliphatic rings. The lowest BCUT2D eigenvalue weighted by molar-refractivity contribution is -0.122. The molecule has 0 bridgehead atoms. The molecule has 5 nitrogen and oxygen atoms in total. The normalized spacial score (nSPS) is 22.6. The van der Waals surface area contributed by atoms with Crippen LogP contribution in [0.1, 0.15) is 18.9 Å². The van der Waals surface area contributed by atoms with Crippen molar-refractivity contribution >= 4 is 11.6 Å². The Balaban J connectivity index is 1.95. The van der Waals surface area contributed by atoms with E-state index in [1.54, 1.807) is 12.3 Å². The number of ketones is 1. The van der Waals surface area contributed by atoms with Crippen LogP contribution >= 0.6 is 0 Å². The molecule has 1 aromatic heterocycles. The van der Waals surface area contributed by atoms with Crippen molar-refractivity contribution in [3.05, 3.63) is 23.9 Å². The molecule has 1 aromatic rings. The van der Waals surface area contributed by atoms with Crippen LogP contribution in [-0.2, 0) is 16.0 Å². The van der Waals surface area contributed by atoms with E-state index in [0.29, 0.717) is 25.5 Å². The number of hydrogen-bond donors (Lipinski definition) is 2. The van der Waals surface area contributed by atoms with Gasteiger partial charge >= 0.3 is 0 Å². The fourth-order valence-corrected chi connectivity index (χ4v) is 2.34. The van der Waals surface area contributed by atoms with Gasteiger partial charge in [0.05, 0.1) is 19.1 Å². The largest absolute Gasteiger partial charge is 0.384 e. The second-order valence-corrected chi connectivity index (χ2v) is 4.94. The summed E-state index contributed by atoms with van der Waals surface area (Å²) in [6.07, 6.45) is 3.08. The van der Waals surface area contributed by atoms with E-state index in [9.17, 15) is 4.79 Å². The Labute approximate surface area is 113 Å². The van der Waals surface area contributed by atoms with E-state index >= 15 is 0 Å². The number of hydrogen-bond acceptors (Lipinski definition) is 5. The van der Waals surface area contributed by atoms with E-state index in [2.05, 4.69) is 17.2 Å². The maximum atomic E-state index is 12.3. The number of rotatable bonds is 6. The molecule has 2 heterocycles. The third-order valence-electron chi connectivity index (χ3n) is 3.37. The molecule has 2 rings (SSSR count). The molecule has 3 N–H and O–H groups in total. The lowest BCUT2D eigenvalue weighted by atomic mass is 9.94. The summed E-state index contributed by atoms with van der Waals surface area (Å²) in [5.41, 5.74) is 6.54. The van der Waals surface area contributed by atoms with Crippen LogP contribution in [0.15, 0.2) is 18.3 Å². The smallest absolute Gasteiger partial charge is 0.144 e. The molecule has 2 atom stereocenters. The van der Waals surface area contributed by atoms with Crippen LogP contribution in [-0.4, -0.2) is 36.6 Å². The molecule has 0 aromatic carbocycles. The Morgan fingerprint density at radius 3 is 3.16 bits per heavy atom. The molecule has 0 saturated carbocycles. The Morgan fingerprint density at radius 2 is 2.42 bits per heavy atom. The summed E-state index contributed by atoms with van der Waals surface area (Å²) in [6, 6.07) is 3.73. The number of carbonyl (C=O) groups excluding carboxylic acids is 1. The van der Waals surface area contributed by atoms with Crippen molar-refractivity contribution in [2.24, 2.45) is 5.92 Å². The second-order valence-electron chi connectivity index (χ2n) is 4.94. The van der Waals surface area contributed by atoms with Crippen LogP contribution in [0.3, 0.4) is 0 Å². The van der Waals surface area contributed by atoms with Gasteiger partial charge in [-0.25, -0.2) is 4.98 Å². The Morgan fingerprint density at radius 1 is 1.58 bits per heavy atom. The SMILES string of the molecule is CCCNC1COCC1C(=O)Cc1ccnc(N)c1. The van der Waals surface area contributed by atoms with Crippen molar-refractivity contribution in [2.75, 3.05) is 25.5 Å². The van der Waals surface area contributed by atoms with E-state index in [-0.39, 0.29) is 17.7 Å². The first-order valence-electron chi connectivity index (χ1n) is 6.75. The average molecular weight is 263 g/mol. The Hall–Kier alpha value is -1.46. The molecule has 5 heteroatoms. The van der Waals surface area contributed by atoms with Crippen molar-refractivity contribution in [3.63, 3.8) is 0 Å². The summed E-state index contributed by atoms with van der Waals surface area (Å²) in [5, 5.41) is 3.38. The molecule has 19 heavy (non-hydrogen) atoms. The monoisotopic (exact) mass is 263 g/mol. The summed E-state index contributed by atoms with van der Waals surface area (Å²) in [7, 11) is 0. The van der Waals surface area contributed by atoms with Gasteiger partial charge in [0.1, 0.15) is 11.6 Å². The minimum atomic E-state index is -0.0547. The molecular weight excluding hydrogens is 242 g/mol. The first kappa shape index (κ1) is 14.0. The Bertz CT molecular complexity index is 436. The maximum Gasteiger partial charge on any atom is 0.144 e. The van der Waals surface area contributed by atoms with Crippen LogP contribution in [0.25, 0.3) is 0 Å². The first-order valence-corrected chi connectivity index (χ1v) is 6.75. The van der Waals surface area contributed by atoms with E-state index in [4.69, 9.17) is 10.5 Å². The van der Waals surface area contributed by atoms with E-state index in [1.165, 1.54) is 0 Å². The predicted molar refractivity (Wildman–Crippen MR) is 73.8 cm³/mol. The third kappa shape index (κ3) is 3.75.